The highest BCUT2D eigenvalue weighted by Gasteiger charge is 2.23. The fourth-order valence-corrected chi connectivity index (χ4v) is 3.14. The highest BCUT2D eigenvalue weighted by Crippen LogP contribution is 2.25. The van der Waals surface area contributed by atoms with Crippen LogP contribution in [0.5, 0.6) is 5.75 Å². The molecule has 1 fully saturated rings. The number of benzene rings is 2. The number of methoxy groups -OCH3 is 1. The number of hydrogen-bond donors (Lipinski definition) is 1. The lowest BCUT2D eigenvalue weighted by Gasteiger charge is -2.19. The zero-order valence-electron chi connectivity index (χ0n) is 14.4. The second kappa shape index (κ2) is 8.01. The van der Waals surface area contributed by atoms with Gasteiger partial charge in [0.15, 0.2) is 0 Å². The summed E-state index contributed by atoms with van der Waals surface area (Å²) in [5.41, 5.74) is 2.01. The summed E-state index contributed by atoms with van der Waals surface area (Å²) in [5, 5.41) is 3.00. The van der Waals surface area contributed by atoms with Crippen LogP contribution in [0.4, 0.5) is 10.1 Å². The number of anilines is 1. The predicted molar refractivity (Wildman–Crippen MR) is 96.4 cm³/mol. The molecule has 0 aliphatic carbocycles. The van der Waals surface area contributed by atoms with E-state index in [0.29, 0.717) is 12.5 Å². The average Bonchev–Trinajstić information content (AvgIpc) is 3.11. The number of nitrogens with zero attached hydrogens (tertiary/aromatic N) is 1. The number of carbonyl (C=O) groups excluding carboxylic acids is 1. The van der Waals surface area contributed by atoms with Crippen molar-refractivity contribution in [2.75, 3.05) is 31.6 Å². The topological polar surface area (TPSA) is 41.6 Å². The van der Waals surface area contributed by atoms with E-state index in [4.69, 9.17) is 4.74 Å². The molecule has 4 nitrogen and oxygen atoms in total. The van der Waals surface area contributed by atoms with Gasteiger partial charge in [0.1, 0.15) is 11.6 Å². The van der Waals surface area contributed by atoms with Crippen molar-refractivity contribution < 1.29 is 13.9 Å². The Morgan fingerprint density at radius 1 is 1.20 bits per heavy atom. The van der Waals surface area contributed by atoms with E-state index < -0.39 is 0 Å². The van der Waals surface area contributed by atoms with E-state index >= 15 is 0 Å². The number of ether oxygens (including phenoxy) is 1. The second-order valence-electron chi connectivity index (χ2n) is 6.41. The van der Waals surface area contributed by atoms with Crippen LogP contribution in [0.3, 0.4) is 0 Å². The Bertz CT molecular complexity index is 701. The molecule has 0 radical (unpaired) electrons. The van der Waals surface area contributed by atoms with Crippen LogP contribution < -0.4 is 15.0 Å². The Morgan fingerprint density at radius 2 is 1.92 bits per heavy atom. The number of nitrogens with one attached hydrogen (secondary N) is 1. The van der Waals surface area contributed by atoms with E-state index in [1.54, 1.807) is 19.2 Å². The second-order valence-corrected chi connectivity index (χ2v) is 6.41. The predicted octanol–water partition coefficient (Wildman–Crippen LogP) is 3.02. The van der Waals surface area contributed by atoms with Crippen molar-refractivity contribution in [3.63, 3.8) is 0 Å². The van der Waals surface area contributed by atoms with Crippen molar-refractivity contribution in [3.8, 4) is 5.75 Å². The van der Waals surface area contributed by atoms with E-state index in [9.17, 15) is 9.18 Å². The van der Waals surface area contributed by atoms with Crippen molar-refractivity contribution in [1.82, 2.24) is 5.32 Å². The first-order chi connectivity index (χ1) is 12.1. The number of amides is 1. The molecule has 1 aliphatic rings. The van der Waals surface area contributed by atoms with Gasteiger partial charge in [-0.3, -0.25) is 4.79 Å². The minimum Gasteiger partial charge on any atom is -0.497 e. The lowest BCUT2D eigenvalue weighted by Crippen LogP contribution is -2.32. The van der Waals surface area contributed by atoms with Gasteiger partial charge in [-0.25, -0.2) is 4.39 Å². The molecule has 5 heteroatoms. The molecule has 0 bridgehead atoms. The van der Waals surface area contributed by atoms with E-state index in [2.05, 4.69) is 22.3 Å². The van der Waals surface area contributed by atoms with Gasteiger partial charge in [-0.15, -0.1) is 0 Å². The maximum Gasteiger partial charge on any atom is 0.224 e. The normalized spacial score (nSPS) is 16.7. The van der Waals surface area contributed by atoms with Crippen LogP contribution in [0, 0.1) is 11.7 Å². The lowest BCUT2D eigenvalue weighted by atomic mass is 10.1. The van der Waals surface area contributed by atoms with Crippen LogP contribution in [-0.2, 0) is 11.2 Å². The Balaban J connectivity index is 1.44. The van der Waals surface area contributed by atoms with Gasteiger partial charge in [0, 0.05) is 25.3 Å². The molecule has 25 heavy (non-hydrogen) atoms. The summed E-state index contributed by atoms with van der Waals surface area (Å²) in [7, 11) is 1.66. The fourth-order valence-electron chi connectivity index (χ4n) is 3.14. The van der Waals surface area contributed by atoms with Crippen LogP contribution in [0.15, 0.2) is 48.5 Å². The van der Waals surface area contributed by atoms with E-state index in [-0.39, 0.29) is 18.1 Å². The molecule has 1 N–H and O–H groups in total. The van der Waals surface area contributed by atoms with Gasteiger partial charge in [-0.05, 0) is 54.3 Å². The van der Waals surface area contributed by atoms with Crippen LogP contribution in [-0.4, -0.2) is 32.7 Å². The van der Waals surface area contributed by atoms with Gasteiger partial charge in [-0.1, -0.05) is 12.1 Å². The highest BCUT2D eigenvalue weighted by atomic mass is 19.1. The molecule has 0 aromatic heterocycles. The first kappa shape index (κ1) is 17.3. The van der Waals surface area contributed by atoms with Crippen molar-refractivity contribution in [2.24, 2.45) is 5.92 Å². The Labute approximate surface area is 147 Å². The summed E-state index contributed by atoms with van der Waals surface area (Å²) in [6.45, 7) is 2.60. The summed E-state index contributed by atoms with van der Waals surface area (Å²) in [4.78, 5) is 14.4. The minimum atomic E-state index is -0.284. The number of halogens is 1. The van der Waals surface area contributed by atoms with Crippen LogP contribution >= 0.6 is 0 Å². The third kappa shape index (κ3) is 4.72. The molecule has 132 valence electrons. The van der Waals surface area contributed by atoms with E-state index in [0.717, 1.165) is 30.8 Å². The molecular formula is C20H23FN2O2. The molecule has 1 heterocycles. The molecule has 3 rings (SSSR count). The SMILES string of the molecule is COc1ccc(N2CCC(CNC(=O)Cc3ccc(F)cc3)C2)cc1. The van der Waals surface area contributed by atoms with Crippen molar-refractivity contribution >= 4 is 11.6 Å². The minimum absolute atomic E-state index is 0.0190. The molecule has 1 unspecified atom stereocenters. The van der Waals surface area contributed by atoms with Crippen LogP contribution in [0.25, 0.3) is 0 Å². The largest absolute Gasteiger partial charge is 0.497 e. The molecule has 2 aromatic rings. The maximum absolute atomic E-state index is 12.9. The quantitative estimate of drug-likeness (QED) is 0.877. The van der Waals surface area contributed by atoms with Gasteiger partial charge in [0.2, 0.25) is 5.91 Å². The summed E-state index contributed by atoms with van der Waals surface area (Å²) >= 11 is 0. The van der Waals surface area contributed by atoms with Gasteiger partial charge in [0.05, 0.1) is 13.5 Å². The summed E-state index contributed by atoms with van der Waals surface area (Å²) < 4.78 is 18.1. The third-order valence-corrected chi connectivity index (χ3v) is 4.59. The van der Waals surface area contributed by atoms with E-state index in [1.165, 1.54) is 17.8 Å². The molecule has 2 aromatic carbocycles. The third-order valence-electron chi connectivity index (χ3n) is 4.59. The zero-order chi connectivity index (χ0) is 17.6. The lowest BCUT2D eigenvalue weighted by molar-refractivity contribution is -0.120. The fraction of sp³-hybridized carbons (Fsp3) is 0.350. The molecular weight excluding hydrogens is 319 g/mol. The highest BCUT2D eigenvalue weighted by molar-refractivity contribution is 5.78. The number of rotatable bonds is 6. The molecule has 1 saturated heterocycles. The average molecular weight is 342 g/mol. The van der Waals surface area contributed by atoms with Gasteiger partial charge in [0.25, 0.3) is 0 Å². The van der Waals surface area contributed by atoms with Crippen molar-refractivity contribution in [3.05, 3.63) is 59.9 Å². The first-order valence-corrected chi connectivity index (χ1v) is 8.54. The molecule has 1 amide bonds. The molecule has 1 atom stereocenters. The van der Waals surface area contributed by atoms with Gasteiger partial charge in [-0.2, -0.15) is 0 Å². The van der Waals surface area contributed by atoms with Gasteiger partial charge >= 0.3 is 0 Å². The van der Waals surface area contributed by atoms with Gasteiger partial charge < -0.3 is 15.0 Å². The standard InChI is InChI=1S/C20H23FN2O2/c1-25-19-8-6-18(7-9-19)23-11-10-16(14-23)13-22-20(24)12-15-2-4-17(21)5-3-15/h2-9,16H,10-14H2,1H3,(H,22,24). The van der Waals surface area contributed by atoms with E-state index in [1.807, 2.05) is 12.1 Å². The molecule has 0 spiro atoms. The maximum atomic E-state index is 12.9. The molecule has 1 aliphatic heterocycles. The van der Waals surface area contributed by atoms with Crippen molar-refractivity contribution in [1.29, 1.82) is 0 Å². The molecule has 0 saturated carbocycles. The Morgan fingerprint density at radius 3 is 2.60 bits per heavy atom. The zero-order valence-corrected chi connectivity index (χ0v) is 14.4. The summed E-state index contributed by atoms with van der Waals surface area (Å²) in [6.07, 6.45) is 1.35. The Kier molecular flexibility index (Phi) is 5.53. The number of carbonyl (C=O) groups is 1. The first-order valence-electron chi connectivity index (χ1n) is 8.54. The summed E-state index contributed by atoms with van der Waals surface area (Å²) in [6, 6.07) is 14.1. The monoisotopic (exact) mass is 342 g/mol. The van der Waals surface area contributed by atoms with Crippen LogP contribution in [0.2, 0.25) is 0 Å². The van der Waals surface area contributed by atoms with Crippen molar-refractivity contribution in [2.45, 2.75) is 12.8 Å². The Hall–Kier alpha value is -2.56. The summed E-state index contributed by atoms with van der Waals surface area (Å²) in [5.74, 6) is 0.995. The smallest absolute Gasteiger partial charge is 0.224 e. The number of hydrogen-bond acceptors (Lipinski definition) is 3. The van der Waals surface area contributed by atoms with Crippen LogP contribution in [0.1, 0.15) is 12.0 Å².